The van der Waals surface area contributed by atoms with E-state index >= 15 is 0 Å². The molecule has 0 amide bonds. The first-order valence-electron chi connectivity index (χ1n) is 6.58. The summed E-state index contributed by atoms with van der Waals surface area (Å²) in [6.45, 7) is 0. The Morgan fingerprint density at radius 1 is 0.824 bits per heavy atom. The van der Waals surface area contributed by atoms with Gasteiger partial charge in [0.2, 0.25) is 0 Å². The van der Waals surface area contributed by atoms with Crippen LogP contribution in [0.15, 0.2) is 54.6 Å². The van der Waals surface area contributed by atoms with Gasteiger partial charge in [0.15, 0.2) is 0 Å². The third kappa shape index (κ3) is 1.37. The van der Waals surface area contributed by atoms with Crippen LogP contribution in [0, 0.1) is 11.8 Å². The van der Waals surface area contributed by atoms with Gasteiger partial charge in [0, 0.05) is 0 Å². The lowest BCUT2D eigenvalue weighted by Gasteiger charge is -2.20. The third-order valence-electron chi connectivity index (χ3n) is 4.50. The van der Waals surface area contributed by atoms with E-state index in [9.17, 15) is 0 Å². The predicted molar refractivity (Wildman–Crippen MR) is 72.0 cm³/mol. The smallest absolute Gasteiger partial charge is 0.00870 e. The topological polar surface area (TPSA) is 0 Å². The van der Waals surface area contributed by atoms with Crippen LogP contribution in [0.25, 0.3) is 10.8 Å². The summed E-state index contributed by atoms with van der Waals surface area (Å²) in [5, 5.41) is 2.85. The van der Waals surface area contributed by atoms with Gasteiger partial charge in [0.05, 0.1) is 0 Å². The molecule has 2 aromatic carbocycles. The SMILES string of the molecule is C1=CC2CC1CC2c1cccc2ccccc12. The Bertz CT molecular complexity index is 589. The number of fused-ring (bicyclic) bond motifs is 3. The molecular weight excluding hydrogens is 204 g/mol. The molecular formula is C17H16. The Hall–Kier alpha value is -1.56. The number of hydrogen-bond acceptors (Lipinski definition) is 0. The monoisotopic (exact) mass is 220 g/mol. The lowest BCUT2D eigenvalue weighted by Crippen LogP contribution is -2.05. The number of benzene rings is 2. The van der Waals surface area contributed by atoms with Gasteiger partial charge in [-0.05, 0) is 46.9 Å². The Labute approximate surface area is 102 Å². The molecule has 0 N–H and O–H groups in total. The summed E-state index contributed by atoms with van der Waals surface area (Å²) in [7, 11) is 0. The van der Waals surface area contributed by atoms with Gasteiger partial charge >= 0.3 is 0 Å². The summed E-state index contributed by atoms with van der Waals surface area (Å²) in [6, 6.07) is 15.6. The minimum Gasteiger partial charge on any atom is -0.0851 e. The summed E-state index contributed by atoms with van der Waals surface area (Å²) in [4.78, 5) is 0. The molecule has 1 fully saturated rings. The highest BCUT2D eigenvalue weighted by atomic mass is 14.4. The second-order valence-electron chi connectivity index (χ2n) is 5.46. The molecule has 0 saturated heterocycles. The molecule has 2 aliphatic rings. The van der Waals surface area contributed by atoms with Gasteiger partial charge < -0.3 is 0 Å². The van der Waals surface area contributed by atoms with Crippen LogP contribution in [0.5, 0.6) is 0 Å². The van der Waals surface area contributed by atoms with E-state index in [1.165, 1.54) is 23.6 Å². The van der Waals surface area contributed by atoms with Gasteiger partial charge in [-0.15, -0.1) is 0 Å². The van der Waals surface area contributed by atoms with Crippen molar-refractivity contribution in [3.63, 3.8) is 0 Å². The number of rotatable bonds is 1. The van der Waals surface area contributed by atoms with Crippen molar-refractivity contribution >= 4 is 10.8 Å². The highest BCUT2D eigenvalue weighted by Crippen LogP contribution is 2.49. The van der Waals surface area contributed by atoms with Gasteiger partial charge in [-0.2, -0.15) is 0 Å². The van der Waals surface area contributed by atoms with Crippen molar-refractivity contribution < 1.29 is 0 Å². The molecule has 0 radical (unpaired) electrons. The summed E-state index contributed by atoms with van der Waals surface area (Å²) < 4.78 is 0. The van der Waals surface area contributed by atoms with Crippen LogP contribution >= 0.6 is 0 Å². The average molecular weight is 220 g/mol. The van der Waals surface area contributed by atoms with Gasteiger partial charge in [0.25, 0.3) is 0 Å². The molecule has 4 rings (SSSR count). The fourth-order valence-corrected chi connectivity index (χ4v) is 3.71. The molecule has 2 aliphatic carbocycles. The van der Waals surface area contributed by atoms with E-state index < -0.39 is 0 Å². The van der Waals surface area contributed by atoms with Gasteiger partial charge in [-0.3, -0.25) is 0 Å². The summed E-state index contributed by atoms with van der Waals surface area (Å²) in [6.07, 6.45) is 7.61. The summed E-state index contributed by atoms with van der Waals surface area (Å²) in [5.74, 6) is 2.41. The zero-order valence-electron chi connectivity index (χ0n) is 9.84. The van der Waals surface area contributed by atoms with Gasteiger partial charge in [0.1, 0.15) is 0 Å². The van der Waals surface area contributed by atoms with Crippen LogP contribution in [0.4, 0.5) is 0 Å². The van der Waals surface area contributed by atoms with Crippen LogP contribution < -0.4 is 0 Å². The summed E-state index contributed by atoms with van der Waals surface area (Å²) >= 11 is 0. The van der Waals surface area contributed by atoms with E-state index in [4.69, 9.17) is 0 Å². The molecule has 0 heterocycles. The van der Waals surface area contributed by atoms with Crippen molar-refractivity contribution in [2.45, 2.75) is 18.8 Å². The summed E-state index contributed by atoms with van der Waals surface area (Å²) in [5.41, 5.74) is 1.57. The van der Waals surface area contributed by atoms with Crippen molar-refractivity contribution in [2.75, 3.05) is 0 Å². The van der Waals surface area contributed by atoms with Gasteiger partial charge in [-0.25, -0.2) is 0 Å². The van der Waals surface area contributed by atoms with E-state index in [0.717, 1.165) is 17.8 Å². The molecule has 0 aromatic heterocycles. The van der Waals surface area contributed by atoms with E-state index in [2.05, 4.69) is 54.6 Å². The van der Waals surface area contributed by atoms with Crippen LogP contribution in [0.1, 0.15) is 24.3 Å². The van der Waals surface area contributed by atoms with Crippen LogP contribution in [0.3, 0.4) is 0 Å². The van der Waals surface area contributed by atoms with Crippen LogP contribution in [0.2, 0.25) is 0 Å². The van der Waals surface area contributed by atoms with Crippen molar-refractivity contribution in [3.05, 3.63) is 60.2 Å². The molecule has 3 unspecified atom stereocenters. The fraction of sp³-hybridized carbons (Fsp3) is 0.294. The first-order valence-corrected chi connectivity index (χ1v) is 6.58. The van der Waals surface area contributed by atoms with E-state index in [1.807, 2.05) is 0 Å². The van der Waals surface area contributed by atoms with E-state index in [1.54, 1.807) is 5.56 Å². The maximum atomic E-state index is 2.45. The van der Waals surface area contributed by atoms with Crippen molar-refractivity contribution in [1.82, 2.24) is 0 Å². The zero-order chi connectivity index (χ0) is 11.2. The Morgan fingerprint density at radius 2 is 1.71 bits per heavy atom. The second-order valence-corrected chi connectivity index (χ2v) is 5.46. The lowest BCUT2D eigenvalue weighted by molar-refractivity contribution is 0.589. The Balaban J connectivity index is 1.88. The maximum Gasteiger partial charge on any atom is -0.00870 e. The Kier molecular flexibility index (Phi) is 1.93. The quantitative estimate of drug-likeness (QED) is 0.620. The number of allylic oxidation sites excluding steroid dienone is 2. The minimum absolute atomic E-state index is 0.760. The molecule has 84 valence electrons. The lowest BCUT2D eigenvalue weighted by atomic mass is 9.84. The molecule has 0 aliphatic heterocycles. The largest absolute Gasteiger partial charge is 0.0851 e. The molecule has 3 atom stereocenters. The highest BCUT2D eigenvalue weighted by molar-refractivity contribution is 5.86. The predicted octanol–water partition coefficient (Wildman–Crippen LogP) is 4.52. The van der Waals surface area contributed by atoms with Crippen molar-refractivity contribution in [1.29, 1.82) is 0 Å². The molecule has 0 nitrogen and oxygen atoms in total. The van der Waals surface area contributed by atoms with Crippen molar-refractivity contribution in [2.24, 2.45) is 11.8 Å². The molecule has 2 aromatic rings. The third-order valence-corrected chi connectivity index (χ3v) is 4.50. The first kappa shape index (κ1) is 9.47. The van der Waals surface area contributed by atoms with Crippen LogP contribution in [-0.2, 0) is 0 Å². The zero-order valence-corrected chi connectivity index (χ0v) is 9.84. The molecule has 0 heteroatoms. The first-order chi connectivity index (χ1) is 8.42. The number of hydrogen-bond donors (Lipinski definition) is 0. The van der Waals surface area contributed by atoms with E-state index in [-0.39, 0.29) is 0 Å². The van der Waals surface area contributed by atoms with Crippen molar-refractivity contribution in [3.8, 4) is 0 Å². The second kappa shape index (κ2) is 3.46. The van der Waals surface area contributed by atoms with Crippen LogP contribution in [-0.4, -0.2) is 0 Å². The Morgan fingerprint density at radius 3 is 2.53 bits per heavy atom. The minimum atomic E-state index is 0.760. The standard InChI is InChI=1S/C17H16/c1-2-6-15-13(4-1)5-3-7-16(15)17-11-12-8-9-14(17)10-12/h1-9,12,14,17H,10-11H2. The van der Waals surface area contributed by atoms with Gasteiger partial charge in [-0.1, -0.05) is 54.6 Å². The van der Waals surface area contributed by atoms with E-state index in [0.29, 0.717) is 0 Å². The molecule has 1 saturated carbocycles. The average Bonchev–Trinajstić information content (AvgIpc) is 3.00. The highest BCUT2D eigenvalue weighted by Gasteiger charge is 2.36. The fourth-order valence-electron chi connectivity index (χ4n) is 3.71. The molecule has 2 bridgehead atoms. The molecule has 17 heavy (non-hydrogen) atoms. The molecule has 0 spiro atoms. The maximum absolute atomic E-state index is 2.45. The normalized spacial score (nSPS) is 30.2.